The minimum Gasteiger partial charge on any atom is -0.507 e. The van der Waals surface area contributed by atoms with Crippen molar-refractivity contribution in [1.29, 1.82) is 0 Å². The van der Waals surface area contributed by atoms with Gasteiger partial charge in [0.15, 0.2) is 5.78 Å². The van der Waals surface area contributed by atoms with E-state index in [0.717, 1.165) is 5.56 Å². The molecule has 0 aliphatic carbocycles. The van der Waals surface area contributed by atoms with Crippen LogP contribution >= 0.6 is 0 Å². The summed E-state index contributed by atoms with van der Waals surface area (Å²) in [5, 5.41) is 20.4. The van der Waals surface area contributed by atoms with E-state index in [1.807, 2.05) is 30.3 Å². The van der Waals surface area contributed by atoms with E-state index in [1.165, 1.54) is 19.3 Å². The lowest BCUT2D eigenvalue weighted by molar-refractivity contribution is 0.0843. The molecule has 0 unspecified atom stereocenters. The fourth-order valence-electron chi connectivity index (χ4n) is 2.94. The number of methoxy groups -OCH3 is 1. The maximum Gasteiger partial charge on any atom is 0.174 e. The monoisotopic (exact) mass is 354 g/mol. The first kappa shape index (κ1) is 18.0. The number of aliphatic hydroxyl groups is 1. The third kappa shape index (κ3) is 3.58. The van der Waals surface area contributed by atoms with Crippen LogP contribution in [-0.2, 0) is 0 Å². The van der Waals surface area contributed by atoms with Crippen LogP contribution in [0.15, 0.2) is 42.5 Å². The average Bonchev–Trinajstić information content (AvgIpc) is 2.59. The highest BCUT2D eigenvalue weighted by atomic mass is 16.5. The maximum atomic E-state index is 12.8. The molecule has 1 heterocycles. The van der Waals surface area contributed by atoms with Gasteiger partial charge >= 0.3 is 0 Å². The number of benzene rings is 2. The lowest BCUT2D eigenvalue weighted by Crippen LogP contribution is -2.22. The van der Waals surface area contributed by atoms with E-state index in [4.69, 9.17) is 9.47 Å². The van der Waals surface area contributed by atoms with E-state index in [2.05, 4.69) is 0 Å². The van der Waals surface area contributed by atoms with Crippen molar-refractivity contribution in [1.82, 2.24) is 0 Å². The highest BCUT2D eigenvalue weighted by Crippen LogP contribution is 2.46. The molecule has 0 fully saturated rings. The summed E-state index contributed by atoms with van der Waals surface area (Å²) in [5.74, 6) is 0.347. The summed E-state index contributed by atoms with van der Waals surface area (Å²) in [6.45, 7) is 3.24. The Hall–Kier alpha value is -2.79. The van der Waals surface area contributed by atoms with Gasteiger partial charge in [-0.1, -0.05) is 36.4 Å². The standard InChI is InChI=1S/C21H22O5/c1-21(2,24)10-9-14-15(22)11-18(25-3)19-16(23)12-17(26-20(14)19)13-7-5-4-6-8-13/h4-11,17,22,24H,12H2,1-3H3/t17-/m0/s1. The first-order valence-electron chi connectivity index (χ1n) is 8.40. The second-order valence-electron chi connectivity index (χ2n) is 6.85. The SMILES string of the molecule is COc1cc(O)c(C=CC(C)(C)O)c2c1C(=O)C[C@@H](c1ccccc1)O2. The van der Waals surface area contributed by atoms with E-state index in [1.54, 1.807) is 19.9 Å². The molecule has 1 atom stereocenters. The molecule has 0 saturated carbocycles. The number of hydrogen-bond acceptors (Lipinski definition) is 5. The molecule has 5 nitrogen and oxygen atoms in total. The van der Waals surface area contributed by atoms with Crippen LogP contribution in [-0.4, -0.2) is 28.7 Å². The Kier molecular flexibility index (Phi) is 4.74. The van der Waals surface area contributed by atoms with Crippen molar-refractivity contribution in [2.75, 3.05) is 7.11 Å². The molecule has 5 heteroatoms. The number of aromatic hydroxyl groups is 1. The van der Waals surface area contributed by atoms with Crippen molar-refractivity contribution in [3.63, 3.8) is 0 Å². The Labute approximate surface area is 152 Å². The first-order valence-corrected chi connectivity index (χ1v) is 8.40. The van der Waals surface area contributed by atoms with Gasteiger partial charge in [-0.3, -0.25) is 4.79 Å². The van der Waals surface area contributed by atoms with Crippen LogP contribution in [0.3, 0.4) is 0 Å². The van der Waals surface area contributed by atoms with Gasteiger partial charge in [-0.2, -0.15) is 0 Å². The third-order valence-corrected chi connectivity index (χ3v) is 4.22. The highest BCUT2D eigenvalue weighted by Gasteiger charge is 2.33. The molecule has 1 aliphatic rings. The maximum absolute atomic E-state index is 12.8. The lowest BCUT2D eigenvalue weighted by Gasteiger charge is -2.28. The van der Waals surface area contributed by atoms with Crippen LogP contribution in [0.25, 0.3) is 6.08 Å². The molecule has 0 bridgehead atoms. The Bertz CT molecular complexity index is 847. The van der Waals surface area contributed by atoms with Crippen LogP contribution in [0, 0.1) is 0 Å². The van der Waals surface area contributed by atoms with Gasteiger partial charge in [-0.05, 0) is 25.5 Å². The fourth-order valence-corrected chi connectivity index (χ4v) is 2.94. The number of fused-ring (bicyclic) bond motifs is 1. The van der Waals surface area contributed by atoms with Gasteiger partial charge in [-0.15, -0.1) is 0 Å². The topological polar surface area (TPSA) is 76.0 Å². The molecule has 3 rings (SSSR count). The Morgan fingerprint density at radius 3 is 2.58 bits per heavy atom. The second-order valence-corrected chi connectivity index (χ2v) is 6.85. The minimum atomic E-state index is -1.07. The zero-order valence-corrected chi connectivity index (χ0v) is 15.0. The lowest BCUT2D eigenvalue weighted by atomic mass is 9.92. The molecule has 0 aromatic heterocycles. The van der Waals surface area contributed by atoms with Crippen LogP contribution in [0.2, 0.25) is 0 Å². The number of carbonyl (C=O) groups excluding carboxylic acids is 1. The molecule has 0 radical (unpaired) electrons. The molecule has 26 heavy (non-hydrogen) atoms. The van der Waals surface area contributed by atoms with E-state index >= 15 is 0 Å². The number of ether oxygens (including phenoxy) is 2. The van der Waals surface area contributed by atoms with Crippen molar-refractivity contribution in [2.24, 2.45) is 0 Å². The Morgan fingerprint density at radius 1 is 1.27 bits per heavy atom. The third-order valence-electron chi connectivity index (χ3n) is 4.22. The first-order chi connectivity index (χ1) is 12.3. The van der Waals surface area contributed by atoms with Crippen molar-refractivity contribution >= 4 is 11.9 Å². The highest BCUT2D eigenvalue weighted by molar-refractivity contribution is 6.04. The number of hydrogen-bond donors (Lipinski definition) is 2. The molecule has 1 aliphatic heterocycles. The summed E-state index contributed by atoms with van der Waals surface area (Å²) >= 11 is 0. The second kappa shape index (κ2) is 6.84. The number of phenols is 1. The summed E-state index contributed by atoms with van der Waals surface area (Å²) in [4.78, 5) is 12.8. The van der Waals surface area contributed by atoms with Crippen LogP contribution in [0.5, 0.6) is 17.2 Å². The summed E-state index contributed by atoms with van der Waals surface area (Å²) in [7, 11) is 1.44. The summed E-state index contributed by atoms with van der Waals surface area (Å²) < 4.78 is 11.4. The molecule has 0 amide bonds. The van der Waals surface area contributed by atoms with Crippen molar-refractivity contribution in [2.45, 2.75) is 32.0 Å². The molecule has 0 saturated heterocycles. The fraction of sp³-hybridized carbons (Fsp3) is 0.286. The smallest absolute Gasteiger partial charge is 0.174 e. The van der Waals surface area contributed by atoms with Gasteiger partial charge in [0, 0.05) is 6.07 Å². The summed E-state index contributed by atoms with van der Waals surface area (Å²) in [5.41, 5.74) is 0.465. The predicted molar refractivity (Wildman–Crippen MR) is 98.7 cm³/mol. The Morgan fingerprint density at radius 2 is 1.96 bits per heavy atom. The van der Waals surface area contributed by atoms with Crippen LogP contribution in [0.1, 0.15) is 47.9 Å². The predicted octanol–water partition coefficient (Wildman–Crippen LogP) is 3.89. The van der Waals surface area contributed by atoms with Gasteiger partial charge < -0.3 is 19.7 Å². The van der Waals surface area contributed by atoms with E-state index in [9.17, 15) is 15.0 Å². The van der Waals surface area contributed by atoms with Crippen molar-refractivity contribution in [3.05, 3.63) is 59.2 Å². The average molecular weight is 354 g/mol. The van der Waals surface area contributed by atoms with Gasteiger partial charge in [-0.25, -0.2) is 0 Å². The zero-order valence-electron chi connectivity index (χ0n) is 15.0. The number of ketones is 1. The number of Topliss-reactive ketones (excluding diaryl/α,β-unsaturated/α-hetero) is 1. The number of phenolic OH excluding ortho intramolecular Hbond substituents is 1. The quantitative estimate of drug-likeness (QED) is 0.871. The molecule has 2 N–H and O–H groups in total. The van der Waals surface area contributed by atoms with Gasteiger partial charge in [0.2, 0.25) is 0 Å². The molecular weight excluding hydrogens is 332 g/mol. The van der Waals surface area contributed by atoms with Crippen LogP contribution < -0.4 is 9.47 Å². The van der Waals surface area contributed by atoms with E-state index < -0.39 is 11.7 Å². The minimum absolute atomic E-state index is 0.0809. The van der Waals surface area contributed by atoms with Gasteiger partial charge in [0.1, 0.15) is 28.9 Å². The van der Waals surface area contributed by atoms with Crippen molar-refractivity contribution < 1.29 is 24.5 Å². The number of rotatable bonds is 4. The largest absolute Gasteiger partial charge is 0.507 e. The van der Waals surface area contributed by atoms with E-state index in [-0.39, 0.29) is 29.5 Å². The van der Waals surface area contributed by atoms with Crippen LogP contribution in [0.4, 0.5) is 0 Å². The number of carbonyl (C=O) groups is 1. The van der Waals surface area contributed by atoms with Gasteiger partial charge in [0.25, 0.3) is 0 Å². The molecular formula is C21H22O5. The molecule has 0 spiro atoms. The molecule has 136 valence electrons. The summed E-state index contributed by atoms with van der Waals surface area (Å²) in [6.07, 6.45) is 2.84. The molecule has 2 aromatic rings. The Balaban J connectivity index is 2.14. The van der Waals surface area contributed by atoms with Crippen molar-refractivity contribution in [3.8, 4) is 17.2 Å². The molecule has 2 aromatic carbocycles. The zero-order chi connectivity index (χ0) is 18.9. The normalized spacial score (nSPS) is 17.1. The summed E-state index contributed by atoms with van der Waals surface area (Å²) in [6, 6.07) is 10.9. The van der Waals surface area contributed by atoms with E-state index in [0.29, 0.717) is 11.1 Å². The van der Waals surface area contributed by atoms with Gasteiger partial charge in [0.05, 0.1) is 24.7 Å².